The molecular weight excluding hydrogens is 228 g/mol. The summed E-state index contributed by atoms with van der Waals surface area (Å²) >= 11 is 0. The number of carbonyl (C=O) groups is 1. The molecule has 1 amide bonds. The van der Waals surface area contributed by atoms with Crippen molar-refractivity contribution in [3.63, 3.8) is 0 Å². The zero-order chi connectivity index (χ0) is 13.5. The Hall–Kier alpha value is -1.71. The fraction of sp³-hybridized carbons (Fsp3) is 0.500. The summed E-state index contributed by atoms with van der Waals surface area (Å²) in [6, 6.07) is 7.77. The Morgan fingerprint density at radius 3 is 2.61 bits per heavy atom. The van der Waals surface area contributed by atoms with E-state index < -0.39 is 0 Å². The number of ether oxygens (including phenoxy) is 1. The molecule has 0 unspecified atom stereocenters. The molecule has 4 nitrogen and oxygen atoms in total. The molecule has 0 aliphatic rings. The molecule has 0 saturated carbocycles. The number of nitrogens with one attached hydrogen (secondary N) is 2. The highest BCUT2D eigenvalue weighted by Gasteiger charge is 2.03. The van der Waals surface area contributed by atoms with Crippen LogP contribution in [0, 0.1) is 0 Å². The number of rotatable bonds is 6. The third kappa shape index (κ3) is 5.57. The first-order valence-electron chi connectivity index (χ1n) is 6.27. The van der Waals surface area contributed by atoms with E-state index in [0.29, 0.717) is 0 Å². The van der Waals surface area contributed by atoms with Gasteiger partial charge >= 0.3 is 0 Å². The van der Waals surface area contributed by atoms with Crippen molar-refractivity contribution in [1.29, 1.82) is 0 Å². The predicted molar refractivity (Wildman–Crippen MR) is 74.0 cm³/mol. The van der Waals surface area contributed by atoms with Gasteiger partial charge in [-0.2, -0.15) is 0 Å². The Morgan fingerprint density at radius 1 is 1.28 bits per heavy atom. The largest absolute Gasteiger partial charge is 0.491 e. The van der Waals surface area contributed by atoms with Crippen LogP contribution in [0.25, 0.3) is 0 Å². The summed E-state index contributed by atoms with van der Waals surface area (Å²) in [7, 11) is 0. The third-order valence-corrected chi connectivity index (χ3v) is 2.11. The van der Waals surface area contributed by atoms with Crippen LogP contribution in [0.1, 0.15) is 27.7 Å². The Kier molecular flexibility index (Phi) is 5.49. The number of carbonyl (C=O) groups excluding carboxylic acids is 1. The van der Waals surface area contributed by atoms with Crippen molar-refractivity contribution >= 4 is 11.6 Å². The number of anilines is 1. The highest BCUT2D eigenvalue weighted by atomic mass is 16.5. The van der Waals surface area contributed by atoms with Gasteiger partial charge in [0, 0.05) is 17.8 Å². The van der Waals surface area contributed by atoms with Crippen LogP contribution in [-0.2, 0) is 4.79 Å². The Morgan fingerprint density at radius 2 is 2.00 bits per heavy atom. The van der Waals surface area contributed by atoms with Crippen molar-refractivity contribution in [2.45, 2.75) is 39.8 Å². The molecule has 1 rings (SSSR count). The molecule has 0 aromatic heterocycles. The van der Waals surface area contributed by atoms with Gasteiger partial charge in [-0.3, -0.25) is 4.79 Å². The molecule has 0 aliphatic carbocycles. The maximum Gasteiger partial charge on any atom is 0.239 e. The van der Waals surface area contributed by atoms with Crippen LogP contribution in [0.3, 0.4) is 0 Å². The molecule has 4 heteroatoms. The fourth-order valence-corrected chi connectivity index (χ4v) is 1.51. The van der Waals surface area contributed by atoms with Crippen LogP contribution in [-0.4, -0.2) is 24.6 Å². The monoisotopic (exact) mass is 250 g/mol. The van der Waals surface area contributed by atoms with Crippen LogP contribution in [0.5, 0.6) is 5.75 Å². The number of benzene rings is 1. The smallest absolute Gasteiger partial charge is 0.239 e. The summed E-state index contributed by atoms with van der Waals surface area (Å²) in [6.45, 7) is 8.11. The average Bonchev–Trinajstić information content (AvgIpc) is 2.25. The second-order valence-corrected chi connectivity index (χ2v) is 4.77. The Bertz CT molecular complexity index is 389. The van der Waals surface area contributed by atoms with E-state index in [1.54, 1.807) is 0 Å². The molecule has 0 heterocycles. The summed E-state index contributed by atoms with van der Waals surface area (Å²) in [5, 5.41) is 5.90. The zero-order valence-electron chi connectivity index (χ0n) is 11.5. The van der Waals surface area contributed by atoms with E-state index in [0.717, 1.165) is 11.4 Å². The molecule has 100 valence electrons. The number of hydrogen-bond donors (Lipinski definition) is 2. The van der Waals surface area contributed by atoms with E-state index in [-0.39, 0.29) is 24.6 Å². The maximum atomic E-state index is 11.5. The molecule has 2 N–H and O–H groups in total. The van der Waals surface area contributed by atoms with Gasteiger partial charge in [0.1, 0.15) is 5.75 Å². The second-order valence-electron chi connectivity index (χ2n) is 4.77. The summed E-state index contributed by atoms with van der Waals surface area (Å²) in [5.74, 6) is 0.791. The van der Waals surface area contributed by atoms with Crippen LogP contribution in [0.15, 0.2) is 24.3 Å². The van der Waals surface area contributed by atoms with Gasteiger partial charge in [-0.25, -0.2) is 0 Å². The van der Waals surface area contributed by atoms with E-state index in [9.17, 15) is 4.79 Å². The summed E-state index contributed by atoms with van der Waals surface area (Å²) < 4.78 is 5.59. The Balaban J connectivity index is 2.49. The molecule has 1 aromatic rings. The highest BCUT2D eigenvalue weighted by Crippen LogP contribution is 2.18. The van der Waals surface area contributed by atoms with E-state index in [1.807, 2.05) is 52.0 Å². The van der Waals surface area contributed by atoms with Gasteiger partial charge in [0.05, 0.1) is 12.6 Å². The molecule has 0 bridgehead atoms. The minimum Gasteiger partial charge on any atom is -0.491 e. The topological polar surface area (TPSA) is 50.4 Å². The van der Waals surface area contributed by atoms with Crippen molar-refractivity contribution in [3.8, 4) is 5.75 Å². The summed E-state index contributed by atoms with van der Waals surface area (Å²) in [6.07, 6.45) is 0.143. The summed E-state index contributed by atoms with van der Waals surface area (Å²) in [4.78, 5) is 11.5. The molecule has 0 spiro atoms. The third-order valence-electron chi connectivity index (χ3n) is 2.11. The lowest BCUT2D eigenvalue weighted by Gasteiger charge is -2.13. The van der Waals surface area contributed by atoms with Crippen LogP contribution >= 0.6 is 0 Å². The van der Waals surface area contributed by atoms with E-state index in [2.05, 4.69) is 10.6 Å². The lowest BCUT2D eigenvalue weighted by molar-refractivity contribution is -0.119. The normalized spacial score (nSPS) is 10.6. The number of amides is 1. The lowest BCUT2D eigenvalue weighted by atomic mass is 10.3. The van der Waals surface area contributed by atoms with Gasteiger partial charge in [-0.15, -0.1) is 0 Å². The zero-order valence-corrected chi connectivity index (χ0v) is 11.5. The first-order valence-corrected chi connectivity index (χ1v) is 6.27. The van der Waals surface area contributed by atoms with Gasteiger partial charge in [-0.05, 0) is 39.8 Å². The van der Waals surface area contributed by atoms with Crippen molar-refractivity contribution in [2.75, 3.05) is 11.9 Å². The minimum absolute atomic E-state index is 0.0137. The van der Waals surface area contributed by atoms with E-state index >= 15 is 0 Å². The molecule has 18 heavy (non-hydrogen) atoms. The fourth-order valence-electron chi connectivity index (χ4n) is 1.51. The van der Waals surface area contributed by atoms with E-state index in [1.165, 1.54) is 0 Å². The highest BCUT2D eigenvalue weighted by molar-refractivity contribution is 5.80. The molecule has 0 fully saturated rings. The summed E-state index contributed by atoms with van der Waals surface area (Å²) in [5.41, 5.74) is 0.882. The average molecular weight is 250 g/mol. The maximum absolute atomic E-state index is 11.5. The van der Waals surface area contributed by atoms with Crippen LogP contribution in [0.2, 0.25) is 0 Å². The minimum atomic E-state index is -0.0137. The molecule has 0 aliphatic heterocycles. The quantitative estimate of drug-likeness (QED) is 0.815. The number of hydrogen-bond acceptors (Lipinski definition) is 3. The predicted octanol–water partition coefficient (Wildman–Crippen LogP) is 2.41. The van der Waals surface area contributed by atoms with Gasteiger partial charge < -0.3 is 15.4 Å². The molecule has 1 aromatic carbocycles. The molecule has 0 saturated heterocycles. The molecular formula is C14H22N2O2. The van der Waals surface area contributed by atoms with Crippen LogP contribution in [0.4, 0.5) is 5.69 Å². The standard InChI is InChI=1S/C14H22N2O2/c1-10(2)16-14(17)9-15-12-6-5-7-13(8-12)18-11(3)4/h5-8,10-11,15H,9H2,1-4H3,(H,16,17). The SMILES string of the molecule is CC(C)NC(=O)CNc1cccc(OC(C)C)c1. The van der Waals surface area contributed by atoms with Crippen molar-refractivity contribution in [2.24, 2.45) is 0 Å². The van der Waals surface area contributed by atoms with Crippen LogP contribution < -0.4 is 15.4 Å². The lowest BCUT2D eigenvalue weighted by Crippen LogP contribution is -2.34. The van der Waals surface area contributed by atoms with Gasteiger partial charge in [-0.1, -0.05) is 6.07 Å². The Labute approximate surface area is 109 Å². The van der Waals surface area contributed by atoms with E-state index in [4.69, 9.17) is 4.74 Å². The second kappa shape index (κ2) is 6.89. The first kappa shape index (κ1) is 14.4. The molecule has 0 radical (unpaired) electrons. The van der Waals surface area contributed by atoms with Crippen molar-refractivity contribution in [3.05, 3.63) is 24.3 Å². The van der Waals surface area contributed by atoms with Crippen molar-refractivity contribution < 1.29 is 9.53 Å². The van der Waals surface area contributed by atoms with Crippen molar-refractivity contribution in [1.82, 2.24) is 5.32 Å². The molecule has 0 atom stereocenters. The van der Waals surface area contributed by atoms with Gasteiger partial charge in [0.25, 0.3) is 0 Å². The van der Waals surface area contributed by atoms with Gasteiger partial charge in [0.15, 0.2) is 0 Å². The first-order chi connectivity index (χ1) is 8.47. The van der Waals surface area contributed by atoms with Gasteiger partial charge in [0.2, 0.25) is 5.91 Å².